The van der Waals surface area contributed by atoms with Crippen molar-refractivity contribution >= 4 is 17.7 Å². The molecule has 0 saturated carbocycles. The van der Waals surface area contributed by atoms with Crippen LogP contribution in [0.15, 0.2) is 48.0 Å². The number of benzene rings is 2. The molecule has 0 atom stereocenters. The van der Waals surface area contributed by atoms with Crippen LogP contribution in [0.4, 0.5) is 5.69 Å². The maximum absolute atomic E-state index is 12.2. The van der Waals surface area contributed by atoms with Gasteiger partial charge in [-0.2, -0.15) is 0 Å². The lowest BCUT2D eigenvalue weighted by atomic mass is 10.00. The SMILES string of the molecule is CCCCOCCOc1ccc(-c2ccc3c(c2)C=C(C(=O)OC)CCN3CCC)cc1. The standard InChI is InChI=1S/C27H35NO4/c1-4-6-16-31-17-18-32-25-10-7-21(8-11-25)22-9-12-26-24(19-22)20-23(27(29)30-3)13-15-28(26)14-5-2/h7-12,19-20H,4-6,13-18H2,1-3H3. The van der Waals surface area contributed by atoms with E-state index in [1.165, 1.54) is 7.11 Å². The van der Waals surface area contributed by atoms with Crippen LogP contribution in [0.3, 0.4) is 0 Å². The van der Waals surface area contributed by atoms with Gasteiger partial charge >= 0.3 is 5.97 Å². The van der Waals surface area contributed by atoms with Gasteiger partial charge < -0.3 is 19.1 Å². The number of hydrogen-bond donors (Lipinski definition) is 0. The van der Waals surface area contributed by atoms with E-state index in [1.807, 2.05) is 18.2 Å². The highest BCUT2D eigenvalue weighted by Gasteiger charge is 2.20. The minimum atomic E-state index is -0.250. The lowest BCUT2D eigenvalue weighted by molar-refractivity contribution is -0.136. The molecule has 5 nitrogen and oxygen atoms in total. The maximum atomic E-state index is 12.2. The van der Waals surface area contributed by atoms with Crippen LogP contribution in [0.2, 0.25) is 0 Å². The van der Waals surface area contributed by atoms with Gasteiger partial charge in [-0.15, -0.1) is 0 Å². The molecule has 32 heavy (non-hydrogen) atoms. The van der Waals surface area contributed by atoms with Gasteiger partial charge in [-0.05, 0) is 66.3 Å². The van der Waals surface area contributed by atoms with Crippen LogP contribution in [-0.4, -0.2) is 46.0 Å². The van der Waals surface area contributed by atoms with E-state index in [1.54, 1.807) is 0 Å². The summed E-state index contributed by atoms with van der Waals surface area (Å²) in [6, 6.07) is 14.6. The predicted octanol–water partition coefficient (Wildman–Crippen LogP) is 5.73. The van der Waals surface area contributed by atoms with Crippen molar-refractivity contribution in [2.45, 2.75) is 39.5 Å². The van der Waals surface area contributed by atoms with E-state index in [0.29, 0.717) is 19.6 Å². The van der Waals surface area contributed by atoms with E-state index in [-0.39, 0.29) is 5.97 Å². The molecule has 0 radical (unpaired) electrons. The first-order valence-corrected chi connectivity index (χ1v) is 11.6. The molecule has 0 amide bonds. The molecule has 0 unspecified atom stereocenters. The largest absolute Gasteiger partial charge is 0.491 e. The van der Waals surface area contributed by atoms with Crippen molar-refractivity contribution in [2.75, 3.05) is 44.9 Å². The molecular formula is C27H35NO4. The zero-order chi connectivity index (χ0) is 22.8. The summed E-state index contributed by atoms with van der Waals surface area (Å²) in [4.78, 5) is 14.6. The quantitative estimate of drug-likeness (QED) is 0.332. The van der Waals surface area contributed by atoms with Crippen molar-refractivity contribution in [2.24, 2.45) is 0 Å². The van der Waals surface area contributed by atoms with Crippen LogP contribution < -0.4 is 9.64 Å². The highest BCUT2D eigenvalue weighted by Crippen LogP contribution is 2.33. The van der Waals surface area contributed by atoms with Crippen LogP contribution in [0, 0.1) is 0 Å². The van der Waals surface area contributed by atoms with E-state index in [4.69, 9.17) is 14.2 Å². The monoisotopic (exact) mass is 437 g/mol. The Hall–Kier alpha value is -2.79. The highest BCUT2D eigenvalue weighted by molar-refractivity contribution is 5.96. The summed E-state index contributed by atoms with van der Waals surface area (Å²) in [5.41, 5.74) is 5.15. The van der Waals surface area contributed by atoms with Gasteiger partial charge in [0.05, 0.1) is 13.7 Å². The third-order valence-corrected chi connectivity index (χ3v) is 5.62. The molecule has 2 aromatic rings. The van der Waals surface area contributed by atoms with E-state index >= 15 is 0 Å². The third kappa shape index (κ3) is 6.36. The molecule has 3 rings (SSSR count). The van der Waals surface area contributed by atoms with Crippen molar-refractivity contribution in [3.8, 4) is 16.9 Å². The summed E-state index contributed by atoms with van der Waals surface area (Å²) >= 11 is 0. The van der Waals surface area contributed by atoms with Crippen molar-refractivity contribution in [1.29, 1.82) is 0 Å². The topological polar surface area (TPSA) is 48.0 Å². The Balaban J connectivity index is 1.74. The molecule has 1 aliphatic heterocycles. The number of nitrogens with zero attached hydrogens (tertiary/aromatic N) is 1. The van der Waals surface area contributed by atoms with Gasteiger partial charge in [0.15, 0.2) is 0 Å². The summed E-state index contributed by atoms with van der Waals surface area (Å²) in [6.07, 6.45) is 5.95. The first-order chi connectivity index (χ1) is 15.7. The molecule has 0 spiro atoms. The van der Waals surface area contributed by atoms with E-state index in [0.717, 1.165) is 72.7 Å². The number of rotatable bonds is 11. The minimum absolute atomic E-state index is 0.250. The van der Waals surface area contributed by atoms with Crippen LogP contribution in [0.25, 0.3) is 17.2 Å². The Bertz CT molecular complexity index is 904. The average Bonchev–Trinajstić information content (AvgIpc) is 3.00. The molecule has 0 aromatic heterocycles. The zero-order valence-corrected chi connectivity index (χ0v) is 19.6. The lowest BCUT2D eigenvalue weighted by Crippen LogP contribution is -2.25. The van der Waals surface area contributed by atoms with E-state index in [9.17, 15) is 4.79 Å². The fourth-order valence-electron chi connectivity index (χ4n) is 3.88. The molecule has 0 saturated heterocycles. The Morgan fingerprint density at radius 3 is 2.47 bits per heavy atom. The lowest BCUT2D eigenvalue weighted by Gasteiger charge is -2.24. The van der Waals surface area contributed by atoms with E-state index < -0.39 is 0 Å². The van der Waals surface area contributed by atoms with Crippen LogP contribution in [0.1, 0.15) is 45.1 Å². The Morgan fingerprint density at radius 2 is 1.75 bits per heavy atom. The molecule has 0 bridgehead atoms. The summed E-state index contributed by atoms with van der Waals surface area (Å²) in [5.74, 6) is 0.587. The van der Waals surface area contributed by atoms with E-state index in [2.05, 4.69) is 49.1 Å². The number of methoxy groups -OCH3 is 1. The number of fused-ring (bicyclic) bond motifs is 1. The third-order valence-electron chi connectivity index (χ3n) is 5.62. The molecule has 5 heteroatoms. The Morgan fingerprint density at radius 1 is 0.969 bits per heavy atom. The van der Waals surface area contributed by atoms with Gasteiger partial charge in [-0.25, -0.2) is 4.79 Å². The fourth-order valence-corrected chi connectivity index (χ4v) is 3.88. The van der Waals surface area contributed by atoms with Crippen molar-refractivity contribution in [3.63, 3.8) is 0 Å². The average molecular weight is 438 g/mol. The Kier molecular flexibility index (Phi) is 9.17. The zero-order valence-electron chi connectivity index (χ0n) is 19.6. The fraction of sp³-hybridized carbons (Fsp3) is 0.444. The van der Waals surface area contributed by atoms with Gasteiger partial charge in [0.25, 0.3) is 0 Å². The molecule has 0 fully saturated rings. The van der Waals surface area contributed by atoms with Gasteiger partial charge in [-0.3, -0.25) is 0 Å². The summed E-state index contributed by atoms with van der Waals surface area (Å²) in [7, 11) is 1.44. The number of carbonyl (C=O) groups is 1. The number of ether oxygens (including phenoxy) is 3. The number of unbranched alkanes of at least 4 members (excludes halogenated alkanes) is 1. The molecule has 1 aliphatic rings. The molecular weight excluding hydrogens is 402 g/mol. The smallest absolute Gasteiger partial charge is 0.333 e. The van der Waals surface area contributed by atoms with Crippen molar-refractivity contribution in [3.05, 3.63) is 53.6 Å². The van der Waals surface area contributed by atoms with Gasteiger partial charge in [-0.1, -0.05) is 38.5 Å². The van der Waals surface area contributed by atoms with Crippen LogP contribution in [-0.2, 0) is 14.3 Å². The number of hydrogen-bond acceptors (Lipinski definition) is 5. The maximum Gasteiger partial charge on any atom is 0.333 e. The summed E-state index contributed by atoms with van der Waals surface area (Å²) in [5, 5.41) is 0. The first kappa shape index (κ1) is 23.9. The molecule has 1 heterocycles. The second-order valence-electron chi connectivity index (χ2n) is 8.01. The number of esters is 1. The van der Waals surface area contributed by atoms with Crippen molar-refractivity contribution in [1.82, 2.24) is 0 Å². The van der Waals surface area contributed by atoms with Gasteiger partial charge in [0, 0.05) is 31.0 Å². The second kappa shape index (κ2) is 12.3. The summed E-state index contributed by atoms with van der Waals surface area (Å²) in [6.45, 7) is 8.05. The second-order valence-corrected chi connectivity index (χ2v) is 8.01. The molecule has 172 valence electrons. The first-order valence-electron chi connectivity index (χ1n) is 11.6. The Labute approximate surface area is 192 Å². The normalized spacial score (nSPS) is 13.2. The molecule has 2 aromatic carbocycles. The van der Waals surface area contributed by atoms with Crippen LogP contribution >= 0.6 is 0 Å². The molecule has 0 N–H and O–H groups in total. The summed E-state index contributed by atoms with van der Waals surface area (Å²) < 4.78 is 16.3. The van der Waals surface area contributed by atoms with Gasteiger partial charge in [0.2, 0.25) is 0 Å². The highest BCUT2D eigenvalue weighted by atomic mass is 16.5. The van der Waals surface area contributed by atoms with Crippen LogP contribution in [0.5, 0.6) is 5.75 Å². The predicted molar refractivity (Wildman–Crippen MR) is 130 cm³/mol. The minimum Gasteiger partial charge on any atom is -0.491 e. The van der Waals surface area contributed by atoms with Crippen molar-refractivity contribution < 1.29 is 19.0 Å². The number of anilines is 1. The molecule has 0 aliphatic carbocycles. The van der Waals surface area contributed by atoms with Gasteiger partial charge in [0.1, 0.15) is 12.4 Å². The number of carbonyl (C=O) groups excluding carboxylic acids is 1.